The predicted octanol–water partition coefficient (Wildman–Crippen LogP) is 6.75. The monoisotopic (exact) mass is 514 g/mol. The van der Waals surface area contributed by atoms with E-state index in [4.69, 9.17) is 20.4 Å². The summed E-state index contributed by atoms with van der Waals surface area (Å²) in [6.45, 7) is 0. The highest BCUT2D eigenvalue weighted by Crippen LogP contribution is 2.32. The van der Waals surface area contributed by atoms with Crippen LogP contribution < -0.4 is 5.32 Å². The summed E-state index contributed by atoms with van der Waals surface area (Å²) in [5.41, 5.74) is 3.22. The van der Waals surface area contributed by atoms with Gasteiger partial charge in [-0.1, -0.05) is 29.8 Å². The van der Waals surface area contributed by atoms with Gasteiger partial charge in [0.1, 0.15) is 11.1 Å². The molecule has 0 saturated heterocycles. The molecule has 5 aromatic rings. The molecular weight excluding hydrogens is 503 g/mol. The summed E-state index contributed by atoms with van der Waals surface area (Å²) in [7, 11) is 0. The summed E-state index contributed by atoms with van der Waals surface area (Å²) in [5, 5.41) is 4.28. The zero-order valence-electron chi connectivity index (χ0n) is 14.8. The van der Waals surface area contributed by atoms with Crippen molar-refractivity contribution < 1.29 is 13.6 Å². The molecule has 142 valence electrons. The molecule has 0 unspecified atom stereocenters. The van der Waals surface area contributed by atoms with E-state index in [9.17, 15) is 4.79 Å². The zero-order valence-corrected chi connectivity index (χ0v) is 17.7. The number of benzene rings is 3. The van der Waals surface area contributed by atoms with Gasteiger partial charge in [0.05, 0.1) is 10.6 Å². The number of carbonyl (C=O) groups is 1. The number of rotatable bonds is 3. The second-order valence-corrected chi connectivity index (χ2v) is 8.08. The van der Waals surface area contributed by atoms with E-state index < -0.39 is 0 Å². The predicted molar refractivity (Wildman–Crippen MR) is 121 cm³/mol. The van der Waals surface area contributed by atoms with E-state index in [0.717, 1.165) is 14.5 Å². The van der Waals surface area contributed by atoms with Crippen molar-refractivity contribution in [1.82, 2.24) is 4.98 Å². The first-order chi connectivity index (χ1) is 14.1. The average molecular weight is 515 g/mol. The molecule has 5 rings (SSSR count). The molecule has 0 radical (unpaired) electrons. The number of nitrogens with one attached hydrogen (secondary N) is 1. The number of nitrogens with zero attached hydrogens (tertiary/aromatic N) is 1. The number of hydrogen-bond donors (Lipinski definition) is 1. The van der Waals surface area contributed by atoms with E-state index in [2.05, 4.69) is 32.9 Å². The molecule has 29 heavy (non-hydrogen) atoms. The number of para-hydroxylation sites is 1. The zero-order chi connectivity index (χ0) is 20.0. The number of halogens is 2. The van der Waals surface area contributed by atoms with Gasteiger partial charge in [0.2, 0.25) is 5.89 Å². The maximum atomic E-state index is 12.6. The van der Waals surface area contributed by atoms with Crippen LogP contribution in [0.4, 0.5) is 5.69 Å². The number of fused-ring (bicyclic) bond motifs is 2. The Balaban J connectivity index is 1.45. The molecule has 1 N–H and O–H groups in total. The number of furan rings is 1. The minimum Gasteiger partial charge on any atom is -0.451 e. The molecule has 7 heteroatoms. The van der Waals surface area contributed by atoms with Gasteiger partial charge in [0.15, 0.2) is 11.3 Å². The van der Waals surface area contributed by atoms with Crippen molar-refractivity contribution in [3.8, 4) is 11.5 Å². The van der Waals surface area contributed by atoms with Crippen molar-refractivity contribution in [1.29, 1.82) is 0 Å². The van der Waals surface area contributed by atoms with Crippen LogP contribution >= 0.6 is 34.2 Å². The number of anilines is 1. The van der Waals surface area contributed by atoms with Gasteiger partial charge >= 0.3 is 0 Å². The molecule has 3 aromatic carbocycles. The van der Waals surface area contributed by atoms with E-state index >= 15 is 0 Å². The number of oxazole rings is 1. The fraction of sp³-hybridized carbons (Fsp3) is 0. The summed E-state index contributed by atoms with van der Waals surface area (Å²) in [5.74, 6) is 0.354. The Morgan fingerprint density at radius 2 is 1.83 bits per heavy atom. The summed E-state index contributed by atoms with van der Waals surface area (Å²) in [6, 6.07) is 20.1. The van der Waals surface area contributed by atoms with Crippen LogP contribution in [0.1, 0.15) is 10.6 Å². The normalized spacial score (nSPS) is 11.2. The Morgan fingerprint density at radius 3 is 2.69 bits per heavy atom. The van der Waals surface area contributed by atoms with Gasteiger partial charge in [0, 0.05) is 14.6 Å². The van der Waals surface area contributed by atoms with E-state index in [0.29, 0.717) is 33.3 Å². The van der Waals surface area contributed by atoms with Crippen molar-refractivity contribution in [2.45, 2.75) is 0 Å². The summed E-state index contributed by atoms with van der Waals surface area (Å²) in [6.07, 6.45) is 0. The lowest BCUT2D eigenvalue weighted by molar-refractivity contribution is 0.0998. The van der Waals surface area contributed by atoms with Crippen LogP contribution in [0.15, 0.2) is 75.6 Å². The Bertz CT molecular complexity index is 1360. The van der Waals surface area contributed by atoms with Gasteiger partial charge in [-0.15, -0.1) is 0 Å². The van der Waals surface area contributed by atoms with Gasteiger partial charge in [-0.25, -0.2) is 4.98 Å². The Labute approximate surface area is 183 Å². The van der Waals surface area contributed by atoms with Crippen molar-refractivity contribution in [2.24, 2.45) is 0 Å². The van der Waals surface area contributed by atoms with Gasteiger partial charge < -0.3 is 14.2 Å². The molecule has 0 spiro atoms. The van der Waals surface area contributed by atoms with Crippen molar-refractivity contribution in [2.75, 3.05) is 5.32 Å². The van der Waals surface area contributed by atoms with Crippen LogP contribution in [0, 0.1) is 3.57 Å². The highest BCUT2D eigenvalue weighted by molar-refractivity contribution is 14.1. The Kier molecular flexibility index (Phi) is 4.52. The largest absolute Gasteiger partial charge is 0.451 e. The fourth-order valence-electron chi connectivity index (χ4n) is 3.07. The maximum absolute atomic E-state index is 12.6. The maximum Gasteiger partial charge on any atom is 0.291 e. The van der Waals surface area contributed by atoms with E-state index in [1.165, 1.54) is 0 Å². The van der Waals surface area contributed by atoms with Crippen LogP contribution in [0.2, 0.25) is 5.02 Å². The molecule has 1 amide bonds. The van der Waals surface area contributed by atoms with E-state index in [1.54, 1.807) is 24.3 Å². The molecule has 0 aliphatic carbocycles. The van der Waals surface area contributed by atoms with Gasteiger partial charge in [-0.3, -0.25) is 4.79 Å². The number of amides is 1. The first kappa shape index (κ1) is 18.2. The summed E-state index contributed by atoms with van der Waals surface area (Å²) >= 11 is 8.50. The van der Waals surface area contributed by atoms with Crippen molar-refractivity contribution >= 4 is 67.9 Å². The summed E-state index contributed by atoms with van der Waals surface area (Å²) < 4.78 is 12.5. The lowest BCUT2D eigenvalue weighted by atomic mass is 10.2. The SMILES string of the molecule is O=C(Nc1ccc2oc(-c3cc(I)ccc3Cl)nc2c1)c1cc2ccccc2o1. The van der Waals surface area contributed by atoms with E-state index in [1.807, 2.05) is 42.5 Å². The van der Waals surface area contributed by atoms with Gasteiger partial charge in [0.25, 0.3) is 5.91 Å². The average Bonchev–Trinajstić information content (AvgIpc) is 3.33. The highest BCUT2D eigenvalue weighted by Gasteiger charge is 2.15. The fourth-order valence-corrected chi connectivity index (χ4v) is 3.76. The lowest BCUT2D eigenvalue weighted by Gasteiger charge is -2.02. The van der Waals surface area contributed by atoms with Crippen LogP contribution in [-0.2, 0) is 0 Å². The number of aromatic nitrogens is 1. The molecule has 0 fully saturated rings. The Hall–Kier alpha value is -2.84. The molecule has 0 aliphatic rings. The molecule has 0 atom stereocenters. The van der Waals surface area contributed by atoms with Crippen LogP contribution in [0.3, 0.4) is 0 Å². The molecule has 5 nitrogen and oxygen atoms in total. The first-order valence-corrected chi connectivity index (χ1v) is 10.2. The molecule has 0 saturated carbocycles. The van der Waals surface area contributed by atoms with Crippen LogP contribution in [0.5, 0.6) is 0 Å². The molecule has 0 bridgehead atoms. The van der Waals surface area contributed by atoms with Crippen molar-refractivity contribution in [3.05, 3.63) is 81.1 Å². The number of carbonyl (C=O) groups excluding carboxylic acids is 1. The minimum absolute atomic E-state index is 0.248. The topological polar surface area (TPSA) is 68.3 Å². The third-order valence-corrected chi connectivity index (χ3v) is 5.45. The standard InChI is InChI=1S/C22H12ClIN2O3/c23-16-7-5-13(24)10-15(16)22-26-17-11-14(6-8-19(17)29-22)25-21(27)20-9-12-3-1-2-4-18(12)28-20/h1-11H,(H,25,27). The quantitative estimate of drug-likeness (QED) is 0.270. The van der Waals surface area contributed by atoms with Crippen LogP contribution in [-0.4, -0.2) is 10.9 Å². The van der Waals surface area contributed by atoms with Crippen molar-refractivity contribution in [3.63, 3.8) is 0 Å². The third kappa shape index (κ3) is 3.49. The van der Waals surface area contributed by atoms with Gasteiger partial charge in [-0.2, -0.15) is 0 Å². The lowest BCUT2D eigenvalue weighted by Crippen LogP contribution is -2.10. The molecular formula is C22H12ClIN2O3. The highest BCUT2D eigenvalue weighted by atomic mass is 127. The molecule has 2 aromatic heterocycles. The number of hydrogen-bond acceptors (Lipinski definition) is 4. The molecule has 2 heterocycles. The van der Waals surface area contributed by atoms with Crippen LogP contribution in [0.25, 0.3) is 33.5 Å². The van der Waals surface area contributed by atoms with E-state index in [-0.39, 0.29) is 11.7 Å². The Morgan fingerprint density at radius 1 is 0.966 bits per heavy atom. The molecule has 0 aliphatic heterocycles. The minimum atomic E-state index is -0.329. The first-order valence-electron chi connectivity index (χ1n) is 8.73. The van der Waals surface area contributed by atoms with Gasteiger partial charge in [-0.05, 0) is 71.1 Å². The second kappa shape index (κ2) is 7.20. The second-order valence-electron chi connectivity index (χ2n) is 6.43. The summed E-state index contributed by atoms with van der Waals surface area (Å²) in [4.78, 5) is 17.1. The smallest absolute Gasteiger partial charge is 0.291 e. The third-order valence-electron chi connectivity index (χ3n) is 4.45.